The molecule has 31 heavy (non-hydrogen) atoms. The Hall–Kier alpha value is -1.21. The van der Waals surface area contributed by atoms with Gasteiger partial charge in [0.05, 0.1) is 24.8 Å². The molecule has 8 heteroatoms. The zero-order valence-corrected chi connectivity index (χ0v) is 20.6. The van der Waals surface area contributed by atoms with Crippen molar-refractivity contribution in [2.24, 2.45) is 0 Å². The fourth-order valence-electron chi connectivity index (χ4n) is 3.26. The van der Waals surface area contributed by atoms with Crippen LogP contribution in [-0.2, 0) is 17.9 Å². The zero-order chi connectivity index (χ0) is 20.5. The Bertz CT molecular complexity index is 769. The molecule has 0 aromatic heterocycles. The predicted octanol–water partition coefficient (Wildman–Crippen LogP) is 4.89. The number of nitrogens with zero attached hydrogens (tertiary/aromatic N) is 1. The number of nitrogens with one attached hydrogen (secondary N) is 1. The number of ether oxygens (including phenoxy) is 3. The molecule has 0 amide bonds. The van der Waals surface area contributed by atoms with Gasteiger partial charge >= 0.3 is 0 Å². The first kappa shape index (κ1) is 27.8. The molecule has 5 nitrogen and oxygen atoms in total. The maximum absolute atomic E-state index is 6.54. The second-order valence-corrected chi connectivity index (χ2v) is 7.65. The van der Waals surface area contributed by atoms with Gasteiger partial charge in [0.25, 0.3) is 0 Å². The molecule has 3 rings (SSSR count). The lowest BCUT2D eigenvalue weighted by atomic mass is 10.1. The third-order valence-corrected chi connectivity index (χ3v) is 5.19. The summed E-state index contributed by atoms with van der Waals surface area (Å²) in [7, 11) is 0. The molecule has 0 saturated carbocycles. The normalized spacial score (nSPS) is 13.8. The molecule has 174 valence electrons. The largest absolute Gasteiger partial charge is 0.490 e. The van der Waals surface area contributed by atoms with Crippen LogP contribution in [-0.4, -0.2) is 50.9 Å². The van der Waals surface area contributed by atoms with Crippen LogP contribution in [0.3, 0.4) is 0 Å². The van der Waals surface area contributed by atoms with Crippen molar-refractivity contribution in [2.45, 2.75) is 27.0 Å². The van der Waals surface area contributed by atoms with Crippen LogP contribution in [0.15, 0.2) is 36.4 Å². The van der Waals surface area contributed by atoms with Gasteiger partial charge in [0.15, 0.2) is 11.5 Å². The highest BCUT2D eigenvalue weighted by Crippen LogP contribution is 2.37. The van der Waals surface area contributed by atoms with E-state index in [9.17, 15) is 0 Å². The van der Waals surface area contributed by atoms with Crippen molar-refractivity contribution < 1.29 is 14.2 Å². The minimum atomic E-state index is 0. The maximum atomic E-state index is 6.54. The van der Waals surface area contributed by atoms with Crippen molar-refractivity contribution in [2.75, 3.05) is 46.0 Å². The lowest BCUT2D eigenvalue weighted by molar-refractivity contribution is 0.0384. The Kier molecular flexibility index (Phi) is 13.3. The SMILES string of the molecule is CCOc1cc(CNCCN2CCOCC2)cc(Cl)c1OCc1ccc(C)cc1.Cl.Cl. The van der Waals surface area contributed by atoms with Gasteiger partial charge in [-0.1, -0.05) is 41.4 Å². The van der Waals surface area contributed by atoms with Crippen LogP contribution in [0.1, 0.15) is 23.6 Å². The maximum Gasteiger partial charge on any atom is 0.180 e. The van der Waals surface area contributed by atoms with Crippen LogP contribution in [0.5, 0.6) is 11.5 Å². The van der Waals surface area contributed by atoms with E-state index < -0.39 is 0 Å². The average molecular weight is 492 g/mol. The van der Waals surface area contributed by atoms with E-state index >= 15 is 0 Å². The van der Waals surface area contributed by atoms with Crippen molar-refractivity contribution in [3.05, 3.63) is 58.1 Å². The summed E-state index contributed by atoms with van der Waals surface area (Å²) in [6.07, 6.45) is 0. The zero-order valence-electron chi connectivity index (χ0n) is 18.2. The van der Waals surface area contributed by atoms with Gasteiger partial charge in [-0.05, 0) is 37.1 Å². The Balaban J connectivity index is 0.00000240. The lowest BCUT2D eigenvalue weighted by Crippen LogP contribution is -2.40. The molecule has 0 atom stereocenters. The van der Waals surface area contributed by atoms with Gasteiger partial charge in [0, 0.05) is 32.7 Å². The van der Waals surface area contributed by atoms with Crippen LogP contribution in [0.4, 0.5) is 0 Å². The van der Waals surface area contributed by atoms with Crippen molar-refractivity contribution in [3.8, 4) is 11.5 Å². The summed E-state index contributed by atoms with van der Waals surface area (Å²) in [5.41, 5.74) is 3.42. The Labute approximate surface area is 203 Å². The second kappa shape index (κ2) is 14.8. The summed E-state index contributed by atoms with van der Waals surface area (Å²) in [5.74, 6) is 1.29. The Morgan fingerprint density at radius 1 is 1.03 bits per heavy atom. The molecule has 1 aliphatic rings. The molecular formula is C23H33Cl3N2O3. The highest BCUT2D eigenvalue weighted by Gasteiger charge is 2.14. The summed E-state index contributed by atoms with van der Waals surface area (Å²) in [5, 5.41) is 4.07. The fraction of sp³-hybridized carbons (Fsp3) is 0.478. The van der Waals surface area contributed by atoms with Crippen LogP contribution in [0, 0.1) is 6.92 Å². The van der Waals surface area contributed by atoms with Gasteiger partial charge in [-0.25, -0.2) is 0 Å². The Morgan fingerprint density at radius 2 is 1.74 bits per heavy atom. The van der Waals surface area contributed by atoms with Gasteiger partial charge < -0.3 is 19.5 Å². The molecule has 2 aromatic carbocycles. The molecule has 2 aromatic rings. The molecule has 0 spiro atoms. The molecule has 0 aliphatic carbocycles. The van der Waals surface area contributed by atoms with E-state index in [0.29, 0.717) is 29.7 Å². The first-order chi connectivity index (χ1) is 14.2. The lowest BCUT2D eigenvalue weighted by Gasteiger charge is -2.26. The summed E-state index contributed by atoms with van der Waals surface area (Å²) in [4.78, 5) is 2.41. The number of hydrogen-bond donors (Lipinski definition) is 1. The van der Waals surface area contributed by atoms with Gasteiger partial charge in [-0.2, -0.15) is 0 Å². The minimum absolute atomic E-state index is 0. The summed E-state index contributed by atoms with van der Waals surface area (Å²) in [6, 6.07) is 12.3. The summed E-state index contributed by atoms with van der Waals surface area (Å²) < 4.78 is 17.2. The average Bonchev–Trinajstić information content (AvgIpc) is 2.73. The van der Waals surface area contributed by atoms with E-state index in [2.05, 4.69) is 41.4 Å². The van der Waals surface area contributed by atoms with Crippen molar-refractivity contribution in [3.63, 3.8) is 0 Å². The first-order valence-corrected chi connectivity index (χ1v) is 10.7. The van der Waals surface area contributed by atoms with Gasteiger partial charge in [0.2, 0.25) is 0 Å². The number of halogens is 3. The van der Waals surface area contributed by atoms with Gasteiger partial charge in [-0.15, -0.1) is 24.8 Å². The van der Waals surface area contributed by atoms with E-state index in [1.165, 1.54) is 5.56 Å². The van der Waals surface area contributed by atoms with E-state index in [1.54, 1.807) is 0 Å². The molecule has 1 N–H and O–H groups in total. The number of aryl methyl sites for hydroxylation is 1. The van der Waals surface area contributed by atoms with Crippen LogP contribution in [0.25, 0.3) is 0 Å². The Morgan fingerprint density at radius 3 is 2.42 bits per heavy atom. The summed E-state index contributed by atoms with van der Waals surface area (Å²) >= 11 is 6.54. The van der Waals surface area contributed by atoms with Crippen molar-refractivity contribution in [1.29, 1.82) is 0 Å². The van der Waals surface area contributed by atoms with Crippen molar-refractivity contribution >= 4 is 36.4 Å². The monoisotopic (exact) mass is 490 g/mol. The number of hydrogen-bond acceptors (Lipinski definition) is 5. The van der Waals surface area contributed by atoms with Crippen LogP contribution < -0.4 is 14.8 Å². The fourth-order valence-corrected chi connectivity index (χ4v) is 3.55. The van der Waals surface area contributed by atoms with E-state index in [-0.39, 0.29) is 24.8 Å². The molecule has 0 unspecified atom stereocenters. The van der Waals surface area contributed by atoms with E-state index in [4.69, 9.17) is 25.8 Å². The molecule has 1 heterocycles. The van der Waals surface area contributed by atoms with E-state index in [1.807, 2.05) is 19.1 Å². The molecule has 1 aliphatic heterocycles. The molecule has 0 bridgehead atoms. The highest BCUT2D eigenvalue weighted by molar-refractivity contribution is 6.32. The number of benzene rings is 2. The second-order valence-electron chi connectivity index (χ2n) is 7.24. The standard InChI is InChI=1S/C23H31ClN2O3.2ClH/c1-3-28-22-15-20(16-25-8-9-26-10-12-27-13-11-26)14-21(24)23(22)29-17-19-6-4-18(2)5-7-19;;/h4-7,14-15,25H,3,8-13,16-17H2,1-2H3;2*1H. The van der Waals surface area contributed by atoms with Crippen molar-refractivity contribution in [1.82, 2.24) is 10.2 Å². The van der Waals surface area contributed by atoms with Crippen LogP contribution >= 0.6 is 36.4 Å². The van der Waals surface area contributed by atoms with Gasteiger partial charge in [0.1, 0.15) is 6.61 Å². The number of rotatable bonds is 10. The highest BCUT2D eigenvalue weighted by atomic mass is 35.5. The topological polar surface area (TPSA) is 43.0 Å². The smallest absolute Gasteiger partial charge is 0.180 e. The quantitative estimate of drug-likeness (QED) is 0.479. The summed E-state index contributed by atoms with van der Waals surface area (Å²) in [6.45, 7) is 11.4. The molecule has 1 fully saturated rings. The third-order valence-electron chi connectivity index (χ3n) is 4.91. The molecule has 0 radical (unpaired) electrons. The number of morpholine rings is 1. The molecular weight excluding hydrogens is 459 g/mol. The van der Waals surface area contributed by atoms with Gasteiger partial charge in [-0.3, -0.25) is 4.90 Å². The molecule has 1 saturated heterocycles. The van der Waals surface area contributed by atoms with E-state index in [0.717, 1.165) is 57.1 Å². The third kappa shape index (κ3) is 9.05. The minimum Gasteiger partial charge on any atom is -0.490 e. The first-order valence-electron chi connectivity index (χ1n) is 10.3. The van der Waals surface area contributed by atoms with Crippen LogP contribution in [0.2, 0.25) is 5.02 Å². The predicted molar refractivity (Wildman–Crippen MR) is 132 cm³/mol.